The molecule has 0 aliphatic carbocycles. The Labute approximate surface area is 125 Å². The third-order valence-electron chi connectivity index (χ3n) is 3.06. The zero-order valence-electron chi connectivity index (χ0n) is 12.5. The highest BCUT2D eigenvalue weighted by Crippen LogP contribution is 2.10. The van der Waals surface area contributed by atoms with Crippen LogP contribution in [-0.2, 0) is 9.59 Å². The second-order valence-corrected chi connectivity index (χ2v) is 5.02. The van der Waals surface area contributed by atoms with E-state index in [2.05, 4.69) is 12.2 Å². The molecule has 0 bridgehead atoms. The van der Waals surface area contributed by atoms with Gasteiger partial charge in [0.25, 0.3) is 0 Å². The Morgan fingerprint density at radius 3 is 2.43 bits per heavy atom. The van der Waals surface area contributed by atoms with Crippen LogP contribution in [0.4, 0.5) is 11.4 Å². The van der Waals surface area contributed by atoms with Gasteiger partial charge in [0.05, 0.1) is 6.54 Å². The molecule has 0 aromatic heterocycles. The highest BCUT2D eigenvalue weighted by atomic mass is 16.2. The van der Waals surface area contributed by atoms with Crippen LogP contribution in [0.5, 0.6) is 0 Å². The summed E-state index contributed by atoms with van der Waals surface area (Å²) in [6.07, 6.45) is 2.33. The lowest BCUT2D eigenvalue weighted by Crippen LogP contribution is -2.36. The Bertz CT molecular complexity index is 459. The van der Waals surface area contributed by atoms with Crippen molar-refractivity contribution in [3.8, 4) is 0 Å². The number of unbranched alkanes of at least 4 members (excludes halogenated alkanes) is 1. The third kappa shape index (κ3) is 7.31. The number of anilines is 2. The van der Waals surface area contributed by atoms with Gasteiger partial charge in [-0.2, -0.15) is 0 Å². The fourth-order valence-corrected chi connectivity index (χ4v) is 1.92. The highest BCUT2D eigenvalue weighted by molar-refractivity contribution is 5.91. The summed E-state index contributed by atoms with van der Waals surface area (Å²) in [5.41, 5.74) is 12.2. The van der Waals surface area contributed by atoms with Gasteiger partial charge in [0.15, 0.2) is 0 Å². The molecule has 0 aliphatic rings. The first-order valence-corrected chi connectivity index (χ1v) is 7.17. The molecule has 0 radical (unpaired) electrons. The number of rotatable bonds is 9. The number of hydrogen-bond acceptors (Lipinski definition) is 4. The molecular weight excluding hydrogens is 268 g/mol. The average molecular weight is 292 g/mol. The third-order valence-corrected chi connectivity index (χ3v) is 3.06. The zero-order valence-corrected chi connectivity index (χ0v) is 12.5. The summed E-state index contributed by atoms with van der Waals surface area (Å²) in [6, 6.07) is 6.98. The minimum Gasteiger partial charge on any atom is -0.399 e. The predicted octanol–water partition coefficient (Wildman–Crippen LogP) is 1.18. The molecule has 0 atom stereocenters. The van der Waals surface area contributed by atoms with E-state index in [0.717, 1.165) is 19.4 Å². The topological polar surface area (TPSA) is 101 Å². The molecule has 0 fully saturated rings. The quantitative estimate of drug-likeness (QED) is 0.595. The number of nitrogens with one attached hydrogen (secondary N) is 1. The van der Waals surface area contributed by atoms with E-state index < -0.39 is 0 Å². The van der Waals surface area contributed by atoms with Crippen molar-refractivity contribution >= 4 is 23.2 Å². The Balaban J connectivity index is 2.41. The molecule has 1 aromatic rings. The van der Waals surface area contributed by atoms with Crippen molar-refractivity contribution in [1.82, 2.24) is 4.90 Å². The van der Waals surface area contributed by atoms with Gasteiger partial charge in [-0.3, -0.25) is 14.5 Å². The molecule has 0 spiro atoms. The number of nitrogens with zero attached hydrogens (tertiary/aromatic N) is 1. The maximum Gasteiger partial charge on any atom is 0.231 e. The van der Waals surface area contributed by atoms with Crippen LogP contribution in [0.2, 0.25) is 0 Å². The summed E-state index contributed by atoms with van der Waals surface area (Å²) < 4.78 is 0. The lowest BCUT2D eigenvalue weighted by atomic mass is 10.2. The van der Waals surface area contributed by atoms with Gasteiger partial charge in [-0.15, -0.1) is 0 Å². The standard InChI is InChI=1S/C15H24N4O2/c1-2-3-9-19(11-14(17)20)10-8-15(21)18-13-6-4-12(16)5-7-13/h4-7H,2-3,8-11,16H2,1H3,(H2,17,20)(H,18,21). The van der Waals surface area contributed by atoms with Crippen LogP contribution >= 0.6 is 0 Å². The number of nitrogens with two attached hydrogens (primary N) is 2. The van der Waals surface area contributed by atoms with Gasteiger partial charge < -0.3 is 16.8 Å². The number of carbonyl (C=O) groups excluding carboxylic acids is 2. The summed E-state index contributed by atoms with van der Waals surface area (Å²) >= 11 is 0. The molecule has 116 valence electrons. The first kappa shape index (κ1) is 17.0. The van der Waals surface area contributed by atoms with E-state index in [1.54, 1.807) is 24.3 Å². The SMILES string of the molecule is CCCCN(CCC(=O)Nc1ccc(N)cc1)CC(N)=O. The first-order chi connectivity index (χ1) is 10.0. The molecule has 6 heteroatoms. The van der Waals surface area contributed by atoms with Crippen LogP contribution in [0.15, 0.2) is 24.3 Å². The summed E-state index contributed by atoms with van der Waals surface area (Å²) in [4.78, 5) is 24.8. The van der Waals surface area contributed by atoms with Crippen LogP contribution in [-0.4, -0.2) is 36.3 Å². The number of nitrogen functional groups attached to an aromatic ring is 1. The second-order valence-electron chi connectivity index (χ2n) is 5.02. The van der Waals surface area contributed by atoms with Crippen molar-refractivity contribution in [3.63, 3.8) is 0 Å². The summed E-state index contributed by atoms with van der Waals surface area (Å²) in [7, 11) is 0. The summed E-state index contributed by atoms with van der Waals surface area (Å²) in [5.74, 6) is -0.462. The molecule has 5 N–H and O–H groups in total. The van der Waals surface area contributed by atoms with Crippen LogP contribution in [0.25, 0.3) is 0 Å². The molecule has 0 unspecified atom stereocenters. The van der Waals surface area contributed by atoms with E-state index >= 15 is 0 Å². The summed E-state index contributed by atoms with van der Waals surface area (Å²) in [5, 5.41) is 2.80. The van der Waals surface area contributed by atoms with Crippen LogP contribution < -0.4 is 16.8 Å². The monoisotopic (exact) mass is 292 g/mol. The first-order valence-electron chi connectivity index (χ1n) is 7.17. The van der Waals surface area contributed by atoms with Gasteiger partial charge in [-0.25, -0.2) is 0 Å². The fraction of sp³-hybridized carbons (Fsp3) is 0.467. The van der Waals surface area contributed by atoms with Gasteiger partial charge in [0, 0.05) is 24.3 Å². The van der Waals surface area contributed by atoms with E-state index in [1.165, 1.54) is 0 Å². The minimum absolute atomic E-state index is 0.0919. The van der Waals surface area contributed by atoms with Crippen molar-refractivity contribution in [3.05, 3.63) is 24.3 Å². The number of primary amides is 1. The van der Waals surface area contributed by atoms with Gasteiger partial charge in [0.2, 0.25) is 11.8 Å². The summed E-state index contributed by atoms with van der Waals surface area (Å²) in [6.45, 7) is 3.56. The molecule has 6 nitrogen and oxygen atoms in total. The molecule has 1 aromatic carbocycles. The Morgan fingerprint density at radius 2 is 1.86 bits per heavy atom. The largest absolute Gasteiger partial charge is 0.399 e. The zero-order chi connectivity index (χ0) is 15.7. The number of benzene rings is 1. The van der Waals surface area contributed by atoms with Crippen molar-refractivity contribution in [2.24, 2.45) is 5.73 Å². The average Bonchev–Trinajstić information content (AvgIpc) is 2.44. The van der Waals surface area contributed by atoms with Crippen LogP contribution in [0.3, 0.4) is 0 Å². The van der Waals surface area contributed by atoms with Gasteiger partial charge in [-0.05, 0) is 37.2 Å². The van der Waals surface area contributed by atoms with E-state index in [9.17, 15) is 9.59 Å². The maximum absolute atomic E-state index is 11.9. The van der Waals surface area contributed by atoms with E-state index in [1.807, 2.05) is 4.90 Å². The molecule has 0 saturated heterocycles. The normalized spacial score (nSPS) is 10.6. The minimum atomic E-state index is -0.370. The van der Waals surface area contributed by atoms with Gasteiger partial charge in [-0.1, -0.05) is 13.3 Å². The lowest BCUT2D eigenvalue weighted by molar-refractivity contribution is -0.120. The van der Waals surface area contributed by atoms with Crippen molar-refractivity contribution < 1.29 is 9.59 Å². The molecule has 2 amide bonds. The molecule has 1 rings (SSSR count). The van der Waals surface area contributed by atoms with Crippen LogP contribution in [0.1, 0.15) is 26.2 Å². The Kier molecular flexibility index (Phi) is 7.25. The smallest absolute Gasteiger partial charge is 0.231 e. The Morgan fingerprint density at radius 1 is 1.19 bits per heavy atom. The highest BCUT2D eigenvalue weighted by Gasteiger charge is 2.10. The number of hydrogen-bond donors (Lipinski definition) is 3. The van der Waals surface area contributed by atoms with Crippen molar-refractivity contribution in [2.75, 3.05) is 30.7 Å². The van der Waals surface area contributed by atoms with Crippen molar-refractivity contribution in [2.45, 2.75) is 26.2 Å². The molecular formula is C15H24N4O2. The maximum atomic E-state index is 11.9. The van der Waals surface area contributed by atoms with Crippen molar-refractivity contribution in [1.29, 1.82) is 0 Å². The van der Waals surface area contributed by atoms with E-state index in [4.69, 9.17) is 11.5 Å². The molecule has 21 heavy (non-hydrogen) atoms. The fourth-order valence-electron chi connectivity index (χ4n) is 1.92. The second kappa shape index (κ2) is 8.97. The van der Waals surface area contributed by atoms with Gasteiger partial charge in [0.1, 0.15) is 0 Å². The predicted molar refractivity (Wildman–Crippen MR) is 84.6 cm³/mol. The van der Waals surface area contributed by atoms with Crippen LogP contribution in [0, 0.1) is 0 Å². The van der Waals surface area contributed by atoms with E-state index in [0.29, 0.717) is 24.3 Å². The Hall–Kier alpha value is -2.08. The molecule has 0 heterocycles. The van der Waals surface area contributed by atoms with E-state index in [-0.39, 0.29) is 18.4 Å². The molecule has 0 saturated carbocycles. The van der Waals surface area contributed by atoms with Gasteiger partial charge >= 0.3 is 0 Å². The lowest BCUT2D eigenvalue weighted by Gasteiger charge is -2.20. The number of amides is 2. The molecule has 0 aliphatic heterocycles. The number of carbonyl (C=O) groups is 2.